The van der Waals surface area contributed by atoms with Gasteiger partial charge in [-0.15, -0.1) is 0 Å². The van der Waals surface area contributed by atoms with E-state index >= 15 is 0 Å². The summed E-state index contributed by atoms with van der Waals surface area (Å²) < 4.78 is 10.4. The van der Waals surface area contributed by atoms with Crippen LogP contribution < -0.4 is 10.5 Å². The maximum atomic E-state index is 11.9. The summed E-state index contributed by atoms with van der Waals surface area (Å²) in [5.41, 5.74) is 6.97. The zero-order valence-electron chi connectivity index (χ0n) is 14.1. The molecule has 0 aliphatic rings. The zero-order valence-corrected chi connectivity index (χ0v) is 14.1. The molecule has 0 aliphatic carbocycles. The number of rotatable bonds is 10. The Morgan fingerprint density at radius 3 is 2.48 bits per heavy atom. The van der Waals surface area contributed by atoms with Crippen molar-refractivity contribution >= 4 is 17.6 Å². The molecule has 0 spiro atoms. The molecule has 0 atom stereocenters. The van der Waals surface area contributed by atoms with Gasteiger partial charge in [0.25, 0.3) is 0 Å². The fourth-order valence-electron chi connectivity index (χ4n) is 2.11. The lowest BCUT2D eigenvalue weighted by Crippen LogP contribution is -2.11. The Labute approximate surface area is 138 Å². The van der Waals surface area contributed by atoms with Crippen molar-refractivity contribution in [2.75, 3.05) is 5.73 Å². The standard InChI is InChI=1S/C18H27NO4/c1-3-5-6-7-8-12-17(21)23-15-11-9-10-14(18(15)19)13-22-16(20)4-2/h9-11H,3-8,12-13,19H2,1-2H3. The number of esters is 2. The van der Waals surface area contributed by atoms with E-state index in [2.05, 4.69) is 6.92 Å². The number of unbranched alkanes of at least 4 members (excludes halogenated alkanes) is 4. The highest BCUT2D eigenvalue weighted by molar-refractivity contribution is 5.75. The Hall–Kier alpha value is -2.04. The highest BCUT2D eigenvalue weighted by atomic mass is 16.5. The third-order valence-electron chi connectivity index (χ3n) is 3.54. The van der Waals surface area contributed by atoms with E-state index in [4.69, 9.17) is 15.2 Å². The summed E-state index contributed by atoms with van der Waals surface area (Å²) in [5.74, 6) is -0.247. The van der Waals surface area contributed by atoms with Gasteiger partial charge >= 0.3 is 11.9 Å². The minimum Gasteiger partial charge on any atom is -0.461 e. The van der Waals surface area contributed by atoms with Crippen molar-refractivity contribution in [2.45, 2.75) is 65.4 Å². The number of carbonyl (C=O) groups excluding carboxylic acids is 2. The van der Waals surface area contributed by atoms with Crippen LogP contribution in [0.1, 0.15) is 64.4 Å². The molecule has 0 saturated heterocycles. The maximum absolute atomic E-state index is 11.9. The van der Waals surface area contributed by atoms with Crippen LogP contribution in [-0.2, 0) is 20.9 Å². The quantitative estimate of drug-likeness (QED) is 0.305. The second kappa shape index (κ2) is 10.6. The van der Waals surface area contributed by atoms with E-state index < -0.39 is 0 Å². The van der Waals surface area contributed by atoms with Crippen LogP contribution in [-0.4, -0.2) is 11.9 Å². The maximum Gasteiger partial charge on any atom is 0.311 e. The number of hydrogen-bond donors (Lipinski definition) is 1. The van der Waals surface area contributed by atoms with Crippen LogP contribution in [0.3, 0.4) is 0 Å². The number of benzene rings is 1. The molecular formula is C18H27NO4. The zero-order chi connectivity index (χ0) is 17.1. The Kier molecular flexibility index (Phi) is 8.80. The molecule has 0 radical (unpaired) electrons. The molecule has 0 heterocycles. The molecule has 0 fully saturated rings. The van der Waals surface area contributed by atoms with Crippen LogP contribution in [0.4, 0.5) is 5.69 Å². The lowest BCUT2D eigenvalue weighted by Gasteiger charge is -2.11. The molecule has 0 aromatic heterocycles. The van der Waals surface area contributed by atoms with E-state index in [0.29, 0.717) is 29.8 Å². The SMILES string of the molecule is CCCCCCCC(=O)Oc1cccc(COC(=O)CC)c1N. The molecular weight excluding hydrogens is 294 g/mol. The molecule has 0 bridgehead atoms. The summed E-state index contributed by atoms with van der Waals surface area (Å²) in [5, 5.41) is 0. The first-order valence-electron chi connectivity index (χ1n) is 8.32. The van der Waals surface area contributed by atoms with Crippen LogP contribution in [0.5, 0.6) is 5.75 Å². The molecule has 0 amide bonds. The molecule has 128 valence electrons. The second-order valence-electron chi connectivity index (χ2n) is 5.48. The van der Waals surface area contributed by atoms with Gasteiger partial charge in [-0.3, -0.25) is 9.59 Å². The average Bonchev–Trinajstić information content (AvgIpc) is 2.55. The lowest BCUT2D eigenvalue weighted by molar-refractivity contribution is -0.144. The summed E-state index contributed by atoms with van der Waals surface area (Å²) in [6, 6.07) is 5.13. The minimum atomic E-state index is -0.293. The van der Waals surface area contributed by atoms with E-state index in [0.717, 1.165) is 19.3 Å². The van der Waals surface area contributed by atoms with Crippen molar-refractivity contribution in [2.24, 2.45) is 0 Å². The minimum absolute atomic E-state index is 0.0842. The second-order valence-corrected chi connectivity index (χ2v) is 5.48. The molecule has 1 aromatic carbocycles. The summed E-state index contributed by atoms with van der Waals surface area (Å²) in [4.78, 5) is 23.1. The Bertz CT molecular complexity index is 514. The Balaban J connectivity index is 2.50. The van der Waals surface area contributed by atoms with E-state index in [1.165, 1.54) is 12.8 Å². The van der Waals surface area contributed by atoms with Crippen LogP contribution in [0.2, 0.25) is 0 Å². The van der Waals surface area contributed by atoms with Gasteiger partial charge in [0.1, 0.15) is 6.61 Å². The predicted molar refractivity (Wildman–Crippen MR) is 90.0 cm³/mol. The third-order valence-corrected chi connectivity index (χ3v) is 3.54. The number of ether oxygens (including phenoxy) is 2. The van der Waals surface area contributed by atoms with Gasteiger partial charge in [-0.05, 0) is 12.5 Å². The van der Waals surface area contributed by atoms with Gasteiger partial charge < -0.3 is 15.2 Å². The normalized spacial score (nSPS) is 10.3. The molecule has 1 aromatic rings. The van der Waals surface area contributed by atoms with Crippen LogP contribution in [0.25, 0.3) is 0 Å². The van der Waals surface area contributed by atoms with Crippen molar-refractivity contribution in [1.82, 2.24) is 0 Å². The first kappa shape index (κ1) is 19.0. The molecule has 23 heavy (non-hydrogen) atoms. The van der Waals surface area contributed by atoms with Crippen LogP contribution in [0, 0.1) is 0 Å². The first-order valence-corrected chi connectivity index (χ1v) is 8.32. The fourth-order valence-corrected chi connectivity index (χ4v) is 2.11. The highest BCUT2D eigenvalue weighted by Gasteiger charge is 2.11. The molecule has 5 heteroatoms. The number of nitrogens with two attached hydrogens (primary N) is 1. The summed E-state index contributed by atoms with van der Waals surface area (Å²) >= 11 is 0. The number of carbonyl (C=O) groups is 2. The van der Waals surface area contributed by atoms with Gasteiger partial charge in [-0.2, -0.15) is 0 Å². The smallest absolute Gasteiger partial charge is 0.311 e. The predicted octanol–water partition coefficient (Wildman–Crippen LogP) is 3.99. The molecule has 5 nitrogen and oxygen atoms in total. The summed E-state index contributed by atoms with van der Waals surface area (Å²) in [6.07, 6.45) is 6.07. The fraction of sp³-hybridized carbons (Fsp3) is 0.556. The van der Waals surface area contributed by atoms with Gasteiger partial charge in [0, 0.05) is 18.4 Å². The number of nitrogen functional groups attached to an aromatic ring is 1. The van der Waals surface area contributed by atoms with E-state index in [1.807, 2.05) is 0 Å². The third kappa shape index (κ3) is 7.17. The topological polar surface area (TPSA) is 78.6 Å². The summed E-state index contributed by atoms with van der Waals surface area (Å²) in [7, 11) is 0. The van der Waals surface area contributed by atoms with Crippen LogP contribution in [0.15, 0.2) is 18.2 Å². The van der Waals surface area contributed by atoms with Gasteiger partial charge in [-0.25, -0.2) is 0 Å². The number of hydrogen-bond acceptors (Lipinski definition) is 5. The summed E-state index contributed by atoms with van der Waals surface area (Å²) in [6.45, 7) is 3.97. The van der Waals surface area contributed by atoms with Crippen molar-refractivity contribution in [3.05, 3.63) is 23.8 Å². The molecule has 0 aliphatic heterocycles. The Morgan fingerprint density at radius 1 is 1.04 bits per heavy atom. The molecule has 0 saturated carbocycles. The largest absolute Gasteiger partial charge is 0.461 e. The molecule has 1 rings (SSSR count). The monoisotopic (exact) mass is 321 g/mol. The van der Waals surface area contributed by atoms with Gasteiger partial charge in [0.2, 0.25) is 0 Å². The number of para-hydroxylation sites is 1. The van der Waals surface area contributed by atoms with E-state index in [1.54, 1.807) is 25.1 Å². The highest BCUT2D eigenvalue weighted by Crippen LogP contribution is 2.26. The van der Waals surface area contributed by atoms with Gasteiger partial charge in [0.05, 0.1) is 5.69 Å². The molecule has 0 unspecified atom stereocenters. The van der Waals surface area contributed by atoms with Crippen molar-refractivity contribution < 1.29 is 19.1 Å². The van der Waals surface area contributed by atoms with Crippen LogP contribution >= 0.6 is 0 Å². The Morgan fingerprint density at radius 2 is 1.78 bits per heavy atom. The van der Waals surface area contributed by atoms with Crippen molar-refractivity contribution in [1.29, 1.82) is 0 Å². The average molecular weight is 321 g/mol. The van der Waals surface area contributed by atoms with E-state index in [-0.39, 0.29) is 18.5 Å². The number of anilines is 1. The van der Waals surface area contributed by atoms with Gasteiger partial charge in [-0.1, -0.05) is 51.7 Å². The first-order chi connectivity index (χ1) is 11.1. The van der Waals surface area contributed by atoms with Crippen molar-refractivity contribution in [3.63, 3.8) is 0 Å². The van der Waals surface area contributed by atoms with E-state index in [9.17, 15) is 9.59 Å². The molecule has 2 N–H and O–H groups in total. The van der Waals surface area contributed by atoms with Crippen molar-refractivity contribution in [3.8, 4) is 5.75 Å². The van der Waals surface area contributed by atoms with Gasteiger partial charge in [0.15, 0.2) is 5.75 Å². The lowest BCUT2D eigenvalue weighted by atomic mass is 10.1.